The average molecular weight is 490 g/mol. The number of carbonyl (C=O) groups is 2. The van der Waals surface area contributed by atoms with Crippen molar-refractivity contribution in [3.8, 4) is 11.5 Å². The second kappa shape index (κ2) is 12.6. The molecule has 0 aliphatic carbocycles. The van der Waals surface area contributed by atoms with Crippen LogP contribution >= 0.6 is 0 Å². The fourth-order valence-electron chi connectivity index (χ4n) is 3.74. The Labute approximate surface area is 213 Å². The Morgan fingerprint density at radius 2 is 1.39 bits per heavy atom. The summed E-state index contributed by atoms with van der Waals surface area (Å²) in [5.41, 5.74) is 4.16. The molecule has 0 fully saturated rings. The van der Waals surface area contributed by atoms with E-state index in [1.807, 2.05) is 67.6 Å². The van der Waals surface area contributed by atoms with Crippen LogP contribution in [0.4, 0.5) is 5.69 Å². The largest absolute Gasteiger partial charge is 0.497 e. The van der Waals surface area contributed by atoms with Crippen LogP contribution in [0.15, 0.2) is 66.7 Å². The molecule has 2 amide bonds. The van der Waals surface area contributed by atoms with Gasteiger partial charge in [0.1, 0.15) is 11.5 Å². The van der Waals surface area contributed by atoms with Crippen molar-refractivity contribution in [2.24, 2.45) is 5.92 Å². The summed E-state index contributed by atoms with van der Waals surface area (Å²) in [7, 11) is 3.24. The van der Waals surface area contributed by atoms with E-state index in [-0.39, 0.29) is 24.4 Å². The van der Waals surface area contributed by atoms with E-state index in [0.717, 1.165) is 33.9 Å². The number of carbonyl (C=O) groups excluding carboxylic acids is 2. The van der Waals surface area contributed by atoms with Gasteiger partial charge in [-0.15, -0.1) is 0 Å². The maximum atomic E-state index is 13.0. The van der Waals surface area contributed by atoms with Gasteiger partial charge in [-0.25, -0.2) is 0 Å². The lowest BCUT2D eigenvalue weighted by molar-refractivity contribution is -0.119. The van der Waals surface area contributed by atoms with Crippen LogP contribution in [-0.4, -0.2) is 39.1 Å². The molecule has 36 heavy (non-hydrogen) atoms. The van der Waals surface area contributed by atoms with E-state index in [4.69, 9.17) is 9.47 Å². The number of hydrogen-bond acceptors (Lipinski definition) is 5. The van der Waals surface area contributed by atoms with E-state index in [9.17, 15) is 9.59 Å². The minimum Gasteiger partial charge on any atom is -0.497 e. The lowest BCUT2D eigenvalue weighted by atomic mass is 9.98. The van der Waals surface area contributed by atoms with Gasteiger partial charge in [0.15, 0.2) is 0 Å². The normalized spacial score (nSPS) is 10.8. The second-order valence-electron chi connectivity index (χ2n) is 9.03. The van der Waals surface area contributed by atoms with E-state index >= 15 is 0 Å². The van der Waals surface area contributed by atoms with Gasteiger partial charge in [-0.3, -0.25) is 9.59 Å². The van der Waals surface area contributed by atoms with Gasteiger partial charge in [0.05, 0.1) is 26.8 Å². The molecule has 0 heterocycles. The molecule has 3 N–H and O–H groups in total. The lowest BCUT2D eigenvalue weighted by Gasteiger charge is -2.21. The van der Waals surface area contributed by atoms with E-state index in [1.54, 1.807) is 20.3 Å². The van der Waals surface area contributed by atoms with Crippen LogP contribution < -0.4 is 25.4 Å². The van der Waals surface area contributed by atoms with Crippen LogP contribution in [0.1, 0.15) is 46.9 Å². The van der Waals surface area contributed by atoms with Crippen molar-refractivity contribution in [1.29, 1.82) is 0 Å². The molecule has 0 bridgehead atoms. The Morgan fingerprint density at radius 1 is 0.833 bits per heavy atom. The Bertz CT molecular complexity index is 1110. The molecule has 0 spiro atoms. The first-order valence-corrected chi connectivity index (χ1v) is 12.0. The van der Waals surface area contributed by atoms with Crippen LogP contribution in [0, 0.1) is 12.8 Å². The first-order valence-electron chi connectivity index (χ1n) is 12.0. The molecule has 0 saturated carbocycles. The van der Waals surface area contributed by atoms with Gasteiger partial charge < -0.3 is 25.4 Å². The molecule has 7 heteroatoms. The molecular formula is C29H35N3O4. The lowest BCUT2D eigenvalue weighted by Crippen LogP contribution is -2.34. The Hall–Kier alpha value is -4.00. The summed E-state index contributed by atoms with van der Waals surface area (Å²) < 4.78 is 10.5. The van der Waals surface area contributed by atoms with Crippen molar-refractivity contribution in [2.45, 2.75) is 26.8 Å². The molecule has 0 unspecified atom stereocenters. The highest BCUT2D eigenvalue weighted by Crippen LogP contribution is 2.26. The molecule has 0 aliphatic rings. The van der Waals surface area contributed by atoms with Crippen molar-refractivity contribution >= 4 is 17.5 Å². The third kappa shape index (κ3) is 7.25. The van der Waals surface area contributed by atoms with Crippen molar-refractivity contribution < 1.29 is 19.1 Å². The summed E-state index contributed by atoms with van der Waals surface area (Å²) >= 11 is 0. The predicted molar refractivity (Wildman–Crippen MR) is 143 cm³/mol. The van der Waals surface area contributed by atoms with Crippen molar-refractivity contribution in [1.82, 2.24) is 10.6 Å². The molecular weight excluding hydrogens is 454 g/mol. The Balaban J connectivity index is 1.69. The number of amides is 2. The van der Waals surface area contributed by atoms with Gasteiger partial charge in [-0.1, -0.05) is 38.1 Å². The standard InChI is InChI=1S/C29H35N3O4/c1-19(2)17-31-29(34)23-10-15-26(20(3)16-23)30-18-27(33)32-28(21-6-11-24(35-4)12-7-21)22-8-13-25(36-5)14-9-22/h6-16,19,28,30H,17-18H2,1-5H3,(H,31,34)(H,32,33). The number of aryl methyl sites for hydroxylation is 1. The van der Waals surface area contributed by atoms with Gasteiger partial charge >= 0.3 is 0 Å². The summed E-state index contributed by atoms with van der Waals surface area (Å²) in [5, 5.41) is 9.24. The fraction of sp³-hybridized carbons (Fsp3) is 0.310. The summed E-state index contributed by atoms with van der Waals surface area (Å²) in [6, 6.07) is 20.3. The molecule has 7 nitrogen and oxygen atoms in total. The number of rotatable bonds is 11. The topological polar surface area (TPSA) is 88.7 Å². The van der Waals surface area contributed by atoms with Crippen molar-refractivity contribution in [3.63, 3.8) is 0 Å². The van der Waals surface area contributed by atoms with Crippen LogP contribution in [0.2, 0.25) is 0 Å². The zero-order chi connectivity index (χ0) is 26.1. The van der Waals surface area contributed by atoms with E-state index in [2.05, 4.69) is 29.8 Å². The highest BCUT2D eigenvalue weighted by atomic mass is 16.5. The van der Waals surface area contributed by atoms with Crippen molar-refractivity contribution in [3.05, 3.63) is 89.0 Å². The molecule has 0 atom stereocenters. The van der Waals surface area contributed by atoms with E-state index in [1.165, 1.54) is 0 Å². The average Bonchev–Trinajstić information content (AvgIpc) is 2.89. The fourth-order valence-corrected chi connectivity index (χ4v) is 3.74. The van der Waals surface area contributed by atoms with Gasteiger partial charge in [-0.05, 0) is 72.0 Å². The van der Waals surface area contributed by atoms with Gasteiger partial charge in [-0.2, -0.15) is 0 Å². The highest BCUT2D eigenvalue weighted by molar-refractivity contribution is 5.95. The number of benzene rings is 3. The van der Waals surface area contributed by atoms with Gasteiger partial charge in [0, 0.05) is 17.8 Å². The molecule has 3 rings (SSSR count). The summed E-state index contributed by atoms with van der Waals surface area (Å²) in [6.45, 7) is 6.73. The molecule has 190 valence electrons. The number of hydrogen-bond donors (Lipinski definition) is 3. The number of ether oxygens (including phenoxy) is 2. The molecule has 3 aromatic rings. The van der Waals surface area contributed by atoms with Crippen molar-refractivity contribution in [2.75, 3.05) is 32.6 Å². The van der Waals surface area contributed by atoms with E-state index in [0.29, 0.717) is 18.0 Å². The zero-order valence-corrected chi connectivity index (χ0v) is 21.6. The molecule has 0 radical (unpaired) electrons. The first-order chi connectivity index (χ1) is 17.3. The SMILES string of the molecule is COc1ccc(C(NC(=O)CNc2ccc(C(=O)NCC(C)C)cc2C)c2ccc(OC)cc2)cc1. The Morgan fingerprint density at radius 3 is 1.86 bits per heavy atom. The molecule has 0 aliphatic heterocycles. The monoisotopic (exact) mass is 489 g/mol. The maximum absolute atomic E-state index is 13.0. The summed E-state index contributed by atoms with van der Waals surface area (Å²) in [6.07, 6.45) is 0. The minimum atomic E-state index is -0.343. The third-order valence-electron chi connectivity index (χ3n) is 5.80. The number of anilines is 1. The Kier molecular flexibility index (Phi) is 9.33. The third-order valence-corrected chi connectivity index (χ3v) is 5.80. The van der Waals surface area contributed by atoms with E-state index < -0.39 is 0 Å². The van der Waals surface area contributed by atoms with Crippen LogP contribution in [0.5, 0.6) is 11.5 Å². The van der Waals surface area contributed by atoms with Gasteiger partial charge in [0.25, 0.3) is 5.91 Å². The zero-order valence-electron chi connectivity index (χ0n) is 21.6. The highest BCUT2D eigenvalue weighted by Gasteiger charge is 2.18. The molecule has 0 aromatic heterocycles. The van der Waals surface area contributed by atoms with Crippen LogP contribution in [-0.2, 0) is 4.79 Å². The molecule has 3 aromatic carbocycles. The predicted octanol–water partition coefficient (Wildman–Crippen LogP) is 4.72. The van der Waals surface area contributed by atoms with Gasteiger partial charge in [0.2, 0.25) is 5.91 Å². The molecule has 0 saturated heterocycles. The number of methoxy groups -OCH3 is 2. The summed E-state index contributed by atoms with van der Waals surface area (Å²) in [5.74, 6) is 1.62. The smallest absolute Gasteiger partial charge is 0.251 e. The van der Waals surface area contributed by atoms with Crippen LogP contribution in [0.3, 0.4) is 0 Å². The summed E-state index contributed by atoms with van der Waals surface area (Å²) in [4.78, 5) is 25.3. The second-order valence-corrected chi connectivity index (χ2v) is 9.03. The van der Waals surface area contributed by atoms with Crippen LogP contribution in [0.25, 0.3) is 0 Å². The quantitative estimate of drug-likeness (QED) is 0.363. The maximum Gasteiger partial charge on any atom is 0.251 e. The first kappa shape index (κ1) is 26.6. The number of nitrogens with one attached hydrogen (secondary N) is 3. The minimum absolute atomic E-state index is 0.0859.